The molecule has 6 nitrogen and oxygen atoms in total. The summed E-state index contributed by atoms with van der Waals surface area (Å²) in [5.74, 6) is -0.155. The van der Waals surface area contributed by atoms with Crippen molar-refractivity contribution >= 4 is 34.5 Å². The van der Waals surface area contributed by atoms with E-state index in [4.69, 9.17) is 22.1 Å². The standard InChI is InChI=1S/C21H18ClN3O3S/c1-12(14-6-5-13(11-26)8-15(14)22)28-17-9-18(29-20(17)21(23)27)16-10-24-19-4-2-3-7-25(16)19/h2-10,12,26H,11H2,1H3,(H2,23,27)/t12-/m1/s1. The van der Waals surface area contributed by atoms with Gasteiger partial charge in [-0.25, -0.2) is 4.98 Å². The van der Waals surface area contributed by atoms with Gasteiger partial charge >= 0.3 is 0 Å². The van der Waals surface area contributed by atoms with Gasteiger partial charge in [0.2, 0.25) is 0 Å². The number of thiophene rings is 1. The van der Waals surface area contributed by atoms with Crippen LogP contribution in [0.4, 0.5) is 0 Å². The van der Waals surface area contributed by atoms with Crippen LogP contribution < -0.4 is 10.5 Å². The SMILES string of the molecule is C[C@@H](Oc1cc(-c2cnc3ccccn23)sc1C(N)=O)c1ccc(CO)cc1Cl. The average molecular weight is 428 g/mol. The predicted octanol–water partition coefficient (Wildman–Crippen LogP) is 4.45. The molecule has 4 rings (SSSR count). The molecule has 4 aromatic rings. The van der Waals surface area contributed by atoms with Crippen LogP contribution in [0.5, 0.6) is 5.75 Å². The first-order valence-corrected chi connectivity index (χ1v) is 10.1. The monoisotopic (exact) mass is 427 g/mol. The highest BCUT2D eigenvalue weighted by Gasteiger charge is 2.21. The van der Waals surface area contributed by atoms with Crippen LogP contribution in [-0.4, -0.2) is 20.4 Å². The zero-order chi connectivity index (χ0) is 20.5. The molecule has 0 radical (unpaired) electrons. The average Bonchev–Trinajstić information content (AvgIpc) is 3.31. The highest BCUT2D eigenvalue weighted by Crippen LogP contribution is 2.39. The van der Waals surface area contributed by atoms with Crippen molar-refractivity contribution < 1.29 is 14.6 Å². The van der Waals surface area contributed by atoms with E-state index in [1.54, 1.807) is 30.5 Å². The van der Waals surface area contributed by atoms with Crippen LogP contribution in [0.2, 0.25) is 5.02 Å². The molecule has 29 heavy (non-hydrogen) atoms. The van der Waals surface area contributed by atoms with Crippen LogP contribution in [0.3, 0.4) is 0 Å². The lowest BCUT2D eigenvalue weighted by atomic mass is 10.1. The molecule has 0 fully saturated rings. The smallest absolute Gasteiger partial charge is 0.262 e. The summed E-state index contributed by atoms with van der Waals surface area (Å²) >= 11 is 7.59. The van der Waals surface area contributed by atoms with Gasteiger partial charge in [0.25, 0.3) is 5.91 Å². The molecule has 0 unspecified atom stereocenters. The summed E-state index contributed by atoms with van der Waals surface area (Å²) in [6, 6.07) is 12.8. The summed E-state index contributed by atoms with van der Waals surface area (Å²) < 4.78 is 8.01. The lowest BCUT2D eigenvalue weighted by Crippen LogP contribution is -2.12. The maximum absolute atomic E-state index is 12.0. The fourth-order valence-corrected chi connectivity index (χ4v) is 4.43. The molecule has 148 valence electrons. The van der Waals surface area contributed by atoms with Crippen molar-refractivity contribution in [3.05, 3.63) is 75.9 Å². The third-order valence-electron chi connectivity index (χ3n) is 4.58. The van der Waals surface area contributed by atoms with Gasteiger partial charge in [-0.15, -0.1) is 11.3 Å². The largest absolute Gasteiger partial charge is 0.484 e. The van der Waals surface area contributed by atoms with E-state index < -0.39 is 12.0 Å². The van der Waals surface area contributed by atoms with E-state index in [1.165, 1.54) is 11.3 Å². The third-order valence-corrected chi connectivity index (χ3v) is 6.06. The Balaban J connectivity index is 1.70. The van der Waals surface area contributed by atoms with Crippen molar-refractivity contribution in [3.63, 3.8) is 0 Å². The van der Waals surface area contributed by atoms with Crippen LogP contribution in [0.1, 0.15) is 33.8 Å². The molecule has 1 atom stereocenters. The first-order chi connectivity index (χ1) is 14.0. The van der Waals surface area contributed by atoms with Gasteiger partial charge in [-0.1, -0.05) is 29.8 Å². The quantitative estimate of drug-likeness (QED) is 0.475. The predicted molar refractivity (Wildman–Crippen MR) is 113 cm³/mol. The van der Waals surface area contributed by atoms with Crippen LogP contribution in [0.15, 0.2) is 54.9 Å². The summed E-state index contributed by atoms with van der Waals surface area (Å²) in [6.07, 6.45) is 3.24. The minimum absolute atomic E-state index is 0.0890. The van der Waals surface area contributed by atoms with Crippen LogP contribution >= 0.6 is 22.9 Å². The summed E-state index contributed by atoms with van der Waals surface area (Å²) in [5, 5.41) is 9.73. The van der Waals surface area contributed by atoms with Gasteiger partial charge in [0.05, 0.1) is 23.4 Å². The number of hydrogen-bond acceptors (Lipinski definition) is 5. The van der Waals surface area contributed by atoms with Gasteiger partial charge < -0.3 is 15.6 Å². The van der Waals surface area contributed by atoms with Gasteiger partial charge in [-0.2, -0.15) is 0 Å². The molecule has 0 aliphatic heterocycles. The topological polar surface area (TPSA) is 89.9 Å². The van der Waals surface area contributed by atoms with Crippen molar-refractivity contribution in [1.82, 2.24) is 9.38 Å². The van der Waals surface area contributed by atoms with E-state index in [0.717, 1.165) is 21.8 Å². The number of carbonyl (C=O) groups is 1. The second-order valence-electron chi connectivity index (χ2n) is 6.51. The molecule has 0 bridgehead atoms. The van der Waals surface area contributed by atoms with Crippen LogP contribution in [0, 0.1) is 0 Å². The maximum Gasteiger partial charge on any atom is 0.262 e. The molecule has 0 saturated carbocycles. The zero-order valence-corrected chi connectivity index (χ0v) is 17.1. The molecule has 0 aliphatic rings. The number of pyridine rings is 1. The summed E-state index contributed by atoms with van der Waals surface area (Å²) in [5.41, 5.74) is 8.72. The zero-order valence-electron chi connectivity index (χ0n) is 15.5. The Labute approximate surface area is 176 Å². The first kappa shape index (κ1) is 19.4. The number of halogens is 1. The van der Waals surface area contributed by atoms with Gasteiger partial charge in [0.1, 0.15) is 22.4 Å². The molecule has 0 saturated heterocycles. The minimum atomic E-state index is -0.556. The Hall–Kier alpha value is -2.87. The molecule has 0 spiro atoms. The number of benzene rings is 1. The molecular formula is C21H18ClN3O3S. The number of carbonyl (C=O) groups excluding carboxylic acids is 1. The van der Waals surface area contributed by atoms with Crippen LogP contribution in [-0.2, 0) is 6.61 Å². The maximum atomic E-state index is 12.0. The van der Waals surface area contributed by atoms with E-state index in [1.807, 2.05) is 35.7 Å². The number of rotatable bonds is 6. The first-order valence-electron chi connectivity index (χ1n) is 8.90. The second-order valence-corrected chi connectivity index (χ2v) is 7.97. The number of imidazole rings is 1. The van der Waals surface area contributed by atoms with Crippen LogP contribution in [0.25, 0.3) is 16.2 Å². The van der Waals surface area contributed by atoms with E-state index in [0.29, 0.717) is 21.2 Å². The number of aliphatic hydroxyl groups excluding tert-OH is 1. The molecule has 3 aromatic heterocycles. The Bertz CT molecular complexity index is 1200. The Morgan fingerprint density at radius 1 is 1.34 bits per heavy atom. The number of amides is 1. The molecule has 1 aromatic carbocycles. The number of hydrogen-bond donors (Lipinski definition) is 2. The van der Waals surface area contributed by atoms with Crippen molar-refractivity contribution in [1.29, 1.82) is 0 Å². The van der Waals surface area contributed by atoms with E-state index in [9.17, 15) is 9.90 Å². The summed E-state index contributed by atoms with van der Waals surface area (Å²) in [4.78, 5) is 17.6. The van der Waals surface area contributed by atoms with Crippen molar-refractivity contribution in [3.8, 4) is 16.3 Å². The fourth-order valence-electron chi connectivity index (χ4n) is 3.13. The van der Waals surface area contributed by atoms with Gasteiger partial charge in [0, 0.05) is 22.8 Å². The Morgan fingerprint density at radius 3 is 2.90 bits per heavy atom. The highest BCUT2D eigenvalue weighted by atomic mass is 35.5. The highest BCUT2D eigenvalue weighted by molar-refractivity contribution is 7.17. The number of aromatic nitrogens is 2. The lowest BCUT2D eigenvalue weighted by molar-refractivity contribution is 0.0998. The van der Waals surface area contributed by atoms with Gasteiger partial charge in [-0.05, 0) is 30.7 Å². The van der Waals surface area contributed by atoms with E-state index in [2.05, 4.69) is 4.98 Å². The van der Waals surface area contributed by atoms with E-state index in [-0.39, 0.29) is 6.61 Å². The van der Waals surface area contributed by atoms with Gasteiger partial charge in [-0.3, -0.25) is 9.20 Å². The number of primary amides is 1. The molecule has 3 N–H and O–H groups in total. The molecule has 8 heteroatoms. The number of ether oxygens (including phenoxy) is 1. The fraction of sp³-hybridized carbons (Fsp3) is 0.143. The summed E-state index contributed by atoms with van der Waals surface area (Å²) in [7, 11) is 0. The van der Waals surface area contributed by atoms with Crippen molar-refractivity contribution in [2.24, 2.45) is 5.73 Å². The Kier molecular flexibility index (Phi) is 5.27. The van der Waals surface area contributed by atoms with E-state index >= 15 is 0 Å². The van der Waals surface area contributed by atoms with Crippen molar-refractivity contribution in [2.75, 3.05) is 0 Å². The molecule has 0 aliphatic carbocycles. The Morgan fingerprint density at radius 2 is 2.17 bits per heavy atom. The third kappa shape index (κ3) is 3.72. The minimum Gasteiger partial charge on any atom is -0.484 e. The second kappa shape index (κ2) is 7.87. The normalized spacial score (nSPS) is 12.2. The molecular weight excluding hydrogens is 410 g/mol. The number of nitrogens with two attached hydrogens (primary N) is 1. The summed E-state index contributed by atoms with van der Waals surface area (Å²) in [6.45, 7) is 1.75. The number of aliphatic hydroxyl groups is 1. The molecule has 1 amide bonds. The lowest BCUT2D eigenvalue weighted by Gasteiger charge is -2.16. The number of fused-ring (bicyclic) bond motifs is 1. The number of nitrogens with zero attached hydrogens (tertiary/aromatic N) is 2. The van der Waals surface area contributed by atoms with Gasteiger partial charge in [0.15, 0.2) is 0 Å². The van der Waals surface area contributed by atoms with Crippen molar-refractivity contribution in [2.45, 2.75) is 19.6 Å². The molecule has 3 heterocycles.